The Kier molecular flexibility index (Phi) is 4.11. The number of ether oxygens (including phenoxy) is 1. The SMILES string of the molecule is Cc1nc(C(=O)OCc2ccccc2)c(-c2ccc(Br)o2)o1. The van der Waals surface area contributed by atoms with Gasteiger partial charge in [0.25, 0.3) is 0 Å². The Morgan fingerprint density at radius 3 is 2.64 bits per heavy atom. The van der Waals surface area contributed by atoms with Crippen LogP contribution in [0, 0.1) is 6.92 Å². The average molecular weight is 362 g/mol. The third-order valence-electron chi connectivity index (χ3n) is 2.94. The first-order valence-corrected chi connectivity index (χ1v) is 7.37. The Hall–Kier alpha value is -2.34. The molecule has 0 spiro atoms. The smallest absolute Gasteiger partial charge is 0.361 e. The highest BCUT2D eigenvalue weighted by atomic mass is 79.9. The summed E-state index contributed by atoms with van der Waals surface area (Å²) in [6.45, 7) is 1.84. The number of furan rings is 1. The van der Waals surface area contributed by atoms with Crippen molar-refractivity contribution in [1.29, 1.82) is 0 Å². The minimum absolute atomic E-state index is 0.107. The van der Waals surface area contributed by atoms with Crippen LogP contribution in [-0.2, 0) is 11.3 Å². The summed E-state index contributed by atoms with van der Waals surface area (Å²) >= 11 is 3.21. The van der Waals surface area contributed by atoms with E-state index in [2.05, 4.69) is 20.9 Å². The van der Waals surface area contributed by atoms with Gasteiger partial charge in [0, 0.05) is 6.92 Å². The molecule has 3 rings (SSSR count). The monoisotopic (exact) mass is 361 g/mol. The van der Waals surface area contributed by atoms with E-state index >= 15 is 0 Å². The minimum atomic E-state index is -0.553. The van der Waals surface area contributed by atoms with Crippen molar-refractivity contribution in [3.63, 3.8) is 0 Å². The lowest BCUT2D eigenvalue weighted by molar-refractivity contribution is 0.0466. The Balaban J connectivity index is 1.81. The van der Waals surface area contributed by atoms with Crippen LogP contribution in [0.2, 0.25) is 0 Å². The van der Waals surface area contributed by atoms with Gasteiger partial charge in [-0.3, -0.25) is 0 Å². The first kappa shape index (κ1) is 14.6. The van der Waals surface area contributed by atoms with Gasteiger partial charge in [-0.15, -0.1) is 0 Å². The van der Waals surface area contributed by atoms with Gasteiger partial charge in [0.1, 0.15) is 6.61 Å². The molecule has 0 amide bonds. The molecule has 112 valence electrons. The first-order chi connectivity index (χ1) is 10.6. The number of hydrogen-bond donors (Lipinski definition) is 0. The number of oxazole rings is 1. The van der Waals surface area contributed by atoms with E-state index in [-0.39, 0.29) is 18.1 Å². The van der Waals surface area contributed by atoms with Gasteiger partial charge in [0.15, 0.2) is 22.0 Å². The van der Waals surface area contributed by atoms with Crippen LogP contribution in [0.5, 0.6) is 0 Å². The molecule has 22 heavy (non-hydrogen) atoms. The van der Waals surface area contributed by atoms with Crippen molar-refractivity contribution in [2.45, 2.75) is 13.5 Å². The van der Waals surface area contributed by atoms with E-state index in [0.717, 1.165) is 5.56 Å². The van der Waals surface area contributed by atoms with Crippen molar-refractivity contribution in [3.05, 3.63) is 64.3 Å². The summed E-state index contributed by atoms with van der Waals surface area (Å²) in [5, 5.41) is 0. The van der Waals surface area contributed by atoms with Crippen LogP contribution in [0.4, 0.5) is 0 Å². The molecule has 0 bridgehead atoms. The quantitative estimate of drug-likeness (QED) is 0.645. The number of nitrogens with zero attached hydrogens (tertiary/aromatic N) is 1. The zero-order chi connectivity index (χ0) is 15.5. The van der Waals surface area contributed by atoms with Gasteiger partial charge >= 0.3 is 5.97 Å². The zero-order valence-corrected chi connectivity index (χ0v) is 13.3. The van der Waals surface area contributed by atoms with Crippen LogP contribution in [0.1, 0.15) is 21.9 Å². The van der Waals surface area contributed by atoms with Gasteiger partial charge in [0.05, 0.1) is 0 Å². The van der Waals surface area contributed by atoms with Crippen molar-refractivity contribution in [3.8, 4) is 11.5 Å². The van der Waals surface area contributed by atoms with Crippen LogP contribution in [0.25, 0.3) is 11.5 Å². The highest BCUT2D eigenvalue weighted by Crippen LogP contribution is 2.29. The van der Waals surface area contributed by atoms with E-state index in [9.17, 15) is 4.79 Å². The summed E-state index contributed by atoms with van der Waals surface area (Å²) in [6, 6.07) is 12.8. The molecule has 2 aromatic heterocycles. The number of carbonyl (C=O) groups excluding carboxylic acids is 1. The molecule has 0 unspecified atom stereocenters. The number of carbonyl (C=O) groups is 1. The van der Waals surface area contributed by atoms with Crippen molar-refractivity contribution in [2.24, 2.45) is 0 Å². The molecule has 0 fully saturated rings. The normalized spacial score (nSPS) is 10.6. The molecule has 1 aromatic carbocycles. The molecular formula is C16H12BrNO4. The summed E-state index contributed by atoms with van der Waals surface area (Å²) in [4.78, 5) is 16.3. The predicted octanol–water partition coefficient (Wildman–Crippen LogP) is 4.36. The number of aryl methyl sites for hydroxylation is 1. The topological polar surface area (TPSA) is 65.5 Å². The maximum atomic E-state index is 12.2. The van der Waals surface area contributed by atoms with Crippen LogP contribution >= 0.6 is 15.9 Å². The maximum absolute atomic E-state index is 12.2. The zero-order valence-electron chi connectivity index (χ0n) is 11.7. The largest absolute Gasteiger partial charge is 0.456 e. The summed E-state index contributed by atoms with van der Waals surface area (Å²) in [5.74, 6) is 0.498. The summed E-state index contributed by atoms with van der Waals surface area (Å²) in [5.41, 5.74) is 1.01. The lowest BCUT2D eigenvalue weighted by Crippen LogP contribution is -2.07. The molecule has 3 aromatic rings. The average Bonchev–Trinajstić information content (AvgIpc) is 3.11. The van der Waals surface area contributed by atoms with Gasteiger partial charge in [-0.05, 0) is 33.6 Å². The number of aromatic nitrogens is 1. The Morgan fingerprint density at radius 1 is 1.18 bits per heavy atom. The van der Waals surface area contributed by atoms with Crippen LogP contribution < -0.4 is 0 Å². The van der Waals surface area contributed by atoms with Crippen molar-refractivity contribution < 1.29 is 18.4 Å². The molecule has 0 radical (unpaired) electrons. The number of esters is 1. The summed E-state index contributed by atoms with van der Waals surface area (Å²) in [7, 11) is 0. The lowest BCUT2D eigenvalue weighted by Gasteiger charge is -2.03. The second kappa shape index (κ2) is 6.19. The molecule has 0 N–H and O–H groups in total. The van der Waals surface area contributed by atoms with Crippen molar-refractivity contribution in [1.82, 2.24) is 4.98 Å². The van der Waals surface area contributed by atoms with Crippen LogP contribution in [0.15, 0.2) is 56.0 Å². The van der Waals surface area contributed by atoms with E-state index in [1.807, 2.05) is 30.3 Å². The first-order valence-electron chi connectivity index (χ1n) is 6.57. The maximum Gasteiger partial charge on any atom is 0.361 e. The fourth-order valence-electron chi connectivity index (χ4n) is 1.96. The molecule has 0 aliphatic heterocycles. The van der Waals surface area contributed by atoms with Gasteiger partial charge in [-0.25, -0.2) is 9.78 Å². The molecule has 5 nitrogen and oxygen atoms in total. The van der Waals surface area contributed by atoms with Crippen molar-refractivity contribution in [2.75, 3.05) is 0 Å². The van der Waals surface area contributed by atoms with E-state index < -0.39 is 5.97 Å². The highest BCUT2D eigenvalue weighted by Gasteiger charge is 2.23. The number of halogens is 1. The van der Waals surface area contributed by atoms with E-state index in [1.165, 1.54) is 0 Å². The fraction of sp³-hybridized carbons (Fsp3) is 0.125. The van der Waals surface area contributed by atoms with Gasteiger partial charge in [-0.2, -0.15) is 0 Å². The van der Waals surface area contributed by atoms with Gasteiger partial charge in [0.2, 0.25) is 5.76 Å². The fourth-order valence-corrected chi connectivity index (χ4v) is 2.27. The second-order valence-corrected chi connectivity index (χ2v) is 5.36. The summed E-state index contributed by atoms with van der Waals surface area (Å²) < 4.78 is 16.7. The van der Waals surface area contributed by atoms with E-state index in [1.54, 1.807) is 19.1 Å². The summed E-state index contributed by atoms with van der Waals surface area (Å²) in [6.07, 6.45) is 0. The molecule has 6 heteroatoms. The lowest BCUT2D eigenvalue weighted by atomic mass is 10.2. The van der Waals surface area contributed by atoms with Crippen molar-refractivity contribution >= 4 is 21.9 Å². The molecule has 0 saturated carbocycles. The standard InChI is InChI=1S/C16H12BrNO4/c1-10-18-14(15(21-10)12-7-8-13(17)22-12)16(19)20-9-11-5-3-2-4-6-11/h2-8H,9H2,1H3. The molecule has 2 heterocycles. The molecule has 0 aliphatic carbocycles. The Bertz CT molecular complexity index is 792. The third-order valence-corrected chi connectivity index (χ3v) is 3.36. The predicted molar refractivity (Wildman–Crippen MR) is 82.2 cm³/mol. The van der Waals surface area contributed by atoms with E-state index in [4.69, 9.17) is 13.6 Å². The van der Waals surface area contributed by atoms with Gasteiger partial charge < -0.3 is 13.6 Å². The van der Waals surface area contributed by atoms with Crippen LogP contribution in [-0.4, -0.2) is 11.0 Å². The van der Waals surface area contributed by atoms with E-state index in [0.29, 0.717) is 16.3 Å². The number of rotatable bonds is 4. The third kappa shape index (κ3) is 3.12. The van der Waals surface area contributed by atoms with Crippen LogP contribution in [0.3, 0.4) is 0 Å². The Morgan fingerprint density at radius 2 is 1.95 bits per heavy atom. The Labute approximate surface area is 135 Å². The molecule has 0 saturated heterocycles. The minimum Gasteiger partial charge on any atom is -0.456 e. The molecule has 0 atom stereocenters. The molecule has 0 aliphatic rings. The highest BCUT2D eigenvalue weighted by molar-refractivity contribution is 9.10. The number of benzene rings is 1. The molecular weight excluding hydrogens is 350 g/mol. The van der Waals surface area contributed by atoms with Gasteiger partial charge in [-0.1, -0.05) is 30.3 Å². The second-order valence-electron chi connectivity index (χ2n) is 4.58. The number of hydrogen-bond acceptors (Lipinski definition) is 5.